The van der Waals surface area contributed by atoms with Crippen molar-refractivity contribution >= 4 is 29.0 Å². The van der Waals surface area contributed by atoms with Crippen molar-refractivity contribution in [3.63, 3.8) is 0 Å². The van der Waals surface area contributed by atoms with Crippen molar-refractivity contribution in [3.8, 4) is 0 Å². The number of benzene rings is 1. The van der Waals surface area contributed by atoms with Gasteiger partial charge in [0.25, 0.3) is 0 Å². The summed E-state index contributed by atoms with van der Waals surface area (Å²) in [6.07, 6.45) is 3.21. The number of nitrogens with one attached hydrogen (secondary N) is 1. The van der Waals surface area contributed by atoms with E-state index in [4.69, 9.17) is 0 Å². The lowest BCUT2D eigenvalue weighted by Gasteiger charge is -2.25. The van der Waals surface area contributed by atoms with E-state index in [1.807, 2.05) is 28.8 Å². The van der Waals surface area contributed by atoms with Gasteiger partial charge in [-0.3, -0.25) is 9.69 Å². The number of anilines is 1. The van der Waals surface area contributed by atoms with Gasteiger partial charge in [-0.25, -0.2) is 0 Å². The van der Waals surface area contributed by atoms with Gasteiger partial charge in [-0.2, -0.15) is 0 Å². The number of carbonyl (C=O) groups is 1. The van der Waals surface area contributed by atoms with E-state index in [0.29, 0.717) is 5.37 Å². The molecule has 0 saturated carbocycles. The number of carbonyl (C=O) groups excluding carboxylic acids is 1. The highest BCUT2D eigenvalue weighted by Gasteiger charge is 2.38. The molecule has 1 N–H and O–H groups in total. The Balaban J connectivity index is 2.15. The monoisotopic (exact) mass is 261 g/mol. The van der Waals surface area contributed by atoms with Gasteiger partial charge in [-0.05, 0) is 13.0 Å². The summed E-state index contributed by atoms with van der Waals surface area (Å²) in [7, 11) is 0. The lowest BCUT2D eigenvalue weighted by molar-refractivity contribution is -0.783. The second-order valence-electron chi connectivity index (χ2n) is 4.87. The zero-order chi connectivity index (χ0) is 12.7. The Morgan fingerprint density at radius 3 is 3.00 bits per heavy atom. The second-order valence-corrected chi connectivity index (χ2v) is 5.99. The molecular weight excluding hydrogens is 244 g/mol. The third-order valence-electron chi connectivity index (χ3n) is 3.65. The lowest BCUT2D eigenvalue weighted by Crippen LogP contribution is -3.04. The highest BCUT2D eigenvalue weighted by molar-refractivity contribution is 8.02. The summed E-state index contributed by atoms with van der Waals surface area (Å²) < 4.78 is 0. The number of amides is 1. The zero-order valence-electron chi connectivity index (χ0n) is 10.6. The standard InChI is InChI=1S/C14H16N2OS/c1-10-9-14-15(7-8-18-14)12-5-3-4-6-13(12)16(10)11(2)17/h3-8,10,14H,9H2,1-2H3/p+1. The van der Waals surface area contributed by atoms with E-state index < -0.39 is 0 Å². The van der Waals surface area contributed by atoms with Gasteiger partial charge in [0, 0.05) is 30.9 Å². The molecular formula is C14H17N2OS+. The number of rotatable bonds is 0. The number of para-hydroxylation sites is 2. The Morgan fingerprint density at radius 1 is 1.44 bits per heavy atom. The number of fused-ring (bicyclic) bond motifs is 3. The average Bonchev–Trinajstić information content (AvgIpc) is 2.73. The third-order valence-corrected chi connectivity index (χ3v) is 4.72. The molecule has 4 heteroatoms. The van der Waals surface area contributed by atoms with Crippen LogP contribution in [-0.4, -0.2) is 17.3 Å². The van der Waals surface area contributed by atoms with E-state index >= 15 is 0 Å². The number of nitrogens with zero attached hydrogens (tertiary/aromatic N) is 1. The van der Waals surface area contributed by atoms with Gasteiger partial charge in [0.1, 0.15) is 17.3 Å². The van der Waals surface area contributed by atoms with Crippen molar-refractivity contribution in [3.05, 3.63) is 35.9 Å². The zero-order valence-corrected chi connectivity index (χ0v) is 11.4. The summed E-state index contributed by atoms with van der Waals surface area (Å²) in [5.74, 6) is 0.129. The van der Waals surface area contributed by atoms with E-state index in [2.05, 4.69) is 30.7 Å². The van der Waals surface area contributed by atoms with Gasteiger partial charge in [-0.1, -0.05) is 23.9 Å². The summed E-state index contributed by atoms with van der Waals surface area (Å²) in [5.41, 5.74) is 2.27. The van der Waals surface area contributed by atoms with Crippen molar-refractivity contribution in [2.24, 2.45) is 0 Å². The van der Waals surface area contributed by atoms with E-state index in [1.165, 1.54) is 10.6 Å². The predicted molar refractivity (Wildman–Crippen MR) is 74.8 cm³/mol. The Bertz CT molecular complexity index is 514. The molecule has 3 nitrogen and oxygen atoms in total. The first-order chi connectivity index (χ1) is 8.68. The molecule has 0 aromatic heterocycles. The van der Waals surface area contributed by atoms with Crippen LogP contribution in [0.15, 0.2) is 35.9 Å². The van der Waals surface area contributed by atoms with Gasteiger partial charge in [0.05, 0.1) is 0 Å². The molecule has 0 bridgehead atoms. The highest BCUT2D eigenvalue weighted by atomic mass is 32.2. The molecule has 2 aliphatic heterocycles. The normalized spacial score (nSPS) is 29.7. The highest BCUT2D eigenvalue weighted by Crippen LogP contribution is 2.33. The summed E-state index contributed by atoms with van der Waals surface area (Å²) in [4.78, 5) is 15.2. The topological polar surface area (TPSA) is 24.8 Å². The summed E-state index contributed by atoms with van der Waals surface area (Å²) in [5, 5.41) is 2.66. The molecule has 18 heavy (non-hydrogen) atoms. The van der Waals surface area contributed by atoms with Crippen molar-refractivity contribution in [1.29, 1.82) is 0 Å². The molecule has 2 aliphatic rings. The molecule has 3 atom stereocenters. The first kappa shape index (κ1) is 11.8. The summed E-state index contributed by atoms with van der Waals surface area (Å²) >= 11 is 1.87. The molecule has 94 valence electrons. The van der Waals surface area contributed by atoms with E-state index in [-0.39, 0.29) is 11.9 Å². The number of thioether (sulfide) groups is 1. The largest absolute Gasteiger partial charge is 0.304 e. The van der Waals surface area contributed by atoms with Crippen LogP contribution in [0.2, 0.25) is 0 Å². The van der Waals surface area contributed by atoms with Gasteiger partial charge < -0.3 is 4.90 Å². The number of hydrogen-bond acceptors (Lipinski definition) is 2. The summed E-state index contributed by atoms with van der Waals surface area (Å²) in [6, 6.07) is 8.49. The third kappa shape index (κ3) is 1.76. The lowest BCUT2D eigenvalue weighted by atomic mass is 10.2. The molecule has 1 aromatic carbocycles. The van der Waals surface area contributed by atoms with Crippen molar-refractivity contribution in [1.82, 2.24) is 0 Å². The molecule has 1 amide bonds. The van der Waals surface area contributed by atoms with Crippen LogP contribution >= 0.6 is 11.8 Å². The fourth-order valence-electron chi connectivity index (χ4n) is 2.89. The Hall–Kier alpha value is -1.26. The molecule has 3 rings (SSSR count). The van der Waals surface area contributed by atoms with Crippen LogP contribution in [0.3, 0.4) is 0 Å². The molecule has 0 aliphatic carbocycles. The van der Waals surface area contributed by atoms with Gasteiger partial charge >= 0.3 is 0 Å². The molecule has 2 heterocycles. The molecule has 3 unspecified atom stereocenters. The number of hydrogen-bond donors (Lipinski definition) is 1. The van der Waals surface area contributed by atoms with Gasteiger partial charge in [0.15, 0.2) is 5.69 Å². The van der Waals surface area contributed by atoms with Crippen molar-refractivity contribution in [2.75, 3.05) is 4.90 Å². The molecule has 0 spiro atoms. The minimum atomic E-state index is 0.129. The maximum absolute atomic E-state index is 11.9. The minimum Gasteiger partial charge on any atom is -0.304 e. The molecule has 0 saturated heterocycles. The van der Waals surface area contributed by atoms with E-state index in [1.54, 1.807) is 6.92 Å². The Morgan fingerprint density at radius 2 is 2.22 bits per heavy atom. The molecule has 0 radical (unpaired) electrons. The SMILES string of the molecule is CC(=O)N1c2ccccc2[NH+]2C=CSC2CC1C. The van der Waals surface area contributed by atoms with E-state index in [0.717, 1.165) is 12.1 Å². The van der Waals surface area contributed by atoms with Crippen LogP contribution in [0.25, 0.3) is 0 Å². The smallest absolute Gasteiger partial charge is 0.224 e. The average molecular weight is 261 g/mol. The summed E-state index contributed by atoms with van der Waals surface area (Å²) in [6.45, 7) is 3.79. The van der Waals surface area contributed by atoms with Crippen LogP contribution in [0.1, 0.15) is 20.3 Å². The van der Waals surface area contributed by atoms with Gasteiger partial charge in [-0.15, -0.1) is 0 Å². The molecule has 0 fully saturated rings. The van der Waals surface area contributed by atoms with Crippen LogP contribution in [0.5, 0.6) is 0 Å². The van der Waals surface area contributed by atoms with Crippen molar-refractivity contribution < 1.29 is 9.69 Å². The Kier molecular flexibility index (Phi) is 2.92. The van der Waals surface area contributed by atoms with E-state index in [9.17, 15) is 4.79 Å². The maximum Gasteiger partial charge on any atom is 0.224 e. The van der Waals surface area contributed by atoms with Crippen LogP contribution < -0.4 is 9.80 Å². The first-order valence-corrected chi connectivity index (χ1v) is 7.21. The maximum atomic E-state index is 11.9. The van der Waals surface area contributed by atoms with Crippen LogP contribution in [0.4, 0.5) is 11.4 Å². The predicted octanol–water partition coefficient (Wildman–Crippen LogP) is 1.89. The fourth-order valence-corrected chi connectivity index (χ4v) is 4.05. The van der Waals surface area contributed by atoms with Crippen molar-refractivity contribution in [2.45, 2.75) is 31.7 Å². The van der Waals surface area contributed by atoms with Crippen LogP contribution in [-0.2, 0) is 4.79 Å². The quantitative estimate of drug-likeness (QED) is 0.771. The number of quaternary nitrogens is 1. The Labute approximate surface area is 111 Å². The minimum absolute atomic E-state index is 0.129. The second kappa shape index (κ2) is 4.44. The van der Waals surface area contributed by atoms with Gasteiger partial charge in [0.2, 0.25) is 5.91 Å². The van der Waals surface area contributed by atoms with Crippen LogP contribution in [0, 0.1) is 0 Å². The molecule has 1 aromatic rings. The first-order valence-electron chi connectivity index (χ1n) is 6.26. The fraction of sp³-hybridized carbons (Fsp3) is 0.357.